The second kappa shape index (κ2) is 7.39. The minimum atomic E-state index is -0.832. The van der Waals surface area contributed by atoms with Crippen LogP contribution in [0.5, 0.6) is 0 Å². The van der Waals surface area contributed by atoms with Crippen LogP contribution >= 0.6 is 0 Å². The minimum absolute atomic E-state index is 0.0265. The van der Waals surface area contributed by atoms with Crippen LogP contribution in [0.15, 0.2) is 18.2 Å². The number of nitrogens with zero attached hydrogens (tertiary/aromatic N) is 2. The highest BCUT2D eigenvalue weighted by Gasteiger charge is 2.33. The average Bonchev–Trinajstić information content (AvgIpc) is 2.46. The molecule has 0 saturated carbocycles. The van der Waals surface area contributed by atoms with Crippen molar-refractivity contribution in [2.45, 2.75) is 72.1 Å². The van der Waals surface area contributed by atoms with E-state index in [2.05, 4.69) is 53.8 Å². The van der Waals surface area contributed by atoms with Crippen molar-refractivity contribution in [1.29, 1.82) is 5.26 Å². The fourth-order valence-electron chi connectivity index (χ4n) is 2.61. The number of nitriles is 1. The summed E-state index contributed by atoms with van der Waals surface area (Å²) in [6.07, 6.45) is 1.50. The molecule has 1 atom stereocenters. The summed E-state index contributed by atoms with van der Waals surface area (Å²) < 4.78 is 6.23. The first kappa shape index (κ1) is 18.9. The van der Waals surface area contributed by atoms with E-state index in [0.717, 1.165) is 24.2 Å². The number of pyridine rings is 1. The maximum Gasteiger partial charge on any atom is 0.205 e. The quantitative estimate of drug-likeness (QED) is 0.692. The predicted octanol–water partition coefficient (Wildman–Crippen LogP) is 5.02. The molecule has 0 N–H and O–H groups in total. The second-order valence-electron chi connectivity index (χ2n) is 7.12. The lowest BCUT2D eigenvalue weighted by molar-refractivity contribution is 0.0823. The van der Waals surface area contributed by atoms with Gasteiger partial charge in [-0.3, -0.25) is 4.98 Å². The normalized spacial score (nSPS) is 14.0. The Morgan fingerprint density at radius 3 is 2.23 bits per heavy atom. The number of hydrogen-bond acceptors (Lipinski definition) is 3. The zero-order chi connectivity index (χ0) is 17.0. The van der Waals surface area contributed by atoms with Crippen LogP contribution in [-0.2, 0) is 9.84 Å². The highest BCUT2D eigenvalue weighted by atomic mass is 28.3. The molecule has 121 valence electrons. The van der Waals surface area contributed by atoms with Gasteiger partial charge in [-0.1, -0.05) is 40.7 Å². The SMILES string of the molecule is CCC(C#N)(CC)c1cccc(C(O[Si](C)C)C(C)(C)C)n1. The lowest BCUT2D eigenvalue weighted by atomic mass is 9.80. The predicted molar refractivity (Wildman–Crippen MR) is 92.9 cm³/mol. The zero-order valence-electron chi connectivity index (χ0n) is 15.0. The van der Waals surface area contributed by atoms with Crippen LogP contribution in [-0.4, -0.2) is 14.0 Å². The van der Waals surface area contributed by atoms with Crippen molar-refractivity contribution >= 4 is 9.04 Å². The third-order valence-electron chi connectivity index (χ3n) is 4.09. The fourth-order valence-corrected chi connectivity index (χ4v) is 3.55. The Bertz CT molecular complexity index is 525. The Kier molecular flexibility index (Phi) is 6.34. The molecule has 1 heterocycles. The van der Waals surface area contributed by atoms with E-state index in [4.69, 9.17) is 9.41 Å². The van der Waals surface area contributed by atoms with Gasteiger partial charge in [-0.2, -0.15) is 5.26 Å². The molecule has 0 aliphatic rings. The summed E-state index contributed by atoms with van der Waals surface area (Å²) in [4.78, 5) is 4.85. The molecular weight excluding hydrogens is 288 g/mol. The third-order valence-corrected chi connectivity index (χ3v) is 4.80. The van der Waals surface area contributed by atoms with Crippen LogP contribution in [0.1, 0.15) is 65.0 Å². The van der Waals surface area contributed by atoms with Crippen LogP contribution in [0.3, 0.4) is 0 Å². The van der Waals surface area contributed by atoms with Gasteiger partial charge in [0, 0.05) is 0 Å². The topological polar surface area (TPSA) is 45.9 Å². The molecule has 22 heavy (non-hydrogen) atoms. The number of hydrogen-bond donors (Lipinski definition) is 0. The number of aromatic nitrogens is 1. The molecule has 0 saturated heterocycles. The summed E-state index contributed by atoms with van der Waals surface area (Å²) >= 11 is 0. The standard InChI is InChI=1S/C18H29N2OSi/c1-8-18(9-2,13-19)15-12-10-11-14(20-15)16(17(3,4)5)21-22(6)7/h10-12,16H,8-9H2,1-7H3. The van der Waals surface area contributed by atoms with E-state index in [0.29, 0.717) is 0 Å². The van der Waals surface area contributed by atoms with Crippen molar-refractivity contribution in [3.63, 3.8) is 0 Å². The van der Waals surface area contributed by atoms with Gasteiger partial charge in [0.1, 0.15) is 0 Å². The first-order valence-electron chi connectivity index (χ1n) is 8.05. The zero-order valence-corrected chi connectivity index (χ0v) is 16.0. The van der Waals surface area contributed by atoms with E-state index in [9.17, 15) is 5.26 Å². The largest absolute Gasteiger partial charge is 0.408 e. The first-order valence-corrected chi connectivity index (χ1v) is 10.5. The van der Waals surface area contributed by atoms with E-state index >= 15 is 0 Å². The van der Waals surface area contributed by atoms with E-state index in [-0.39, 0.29) is 11.5 Å². The first-order chi connectivity index (χ1) is 10.2. The van der Waals surface area contributed by atoms with Gasteiger partial charge in [0.15, 0.2) is 0 Å². The smallest absolute Gasteiger partial charge is 0.205 e. The summed E-state index contributed by atoms with van der Waals surface area (Å²) in [5.41, 5.74) is 1.29. The van der Waals surface area contributed by atoms with Gasteiger partial charge < -0.3 is 4.43 Å². The van der Waals surface area contributed by atoms with E-state index in [1.54, 1.807) is 0 Å². The monoisotopic (exact) mass is 317 g/mol. The molecule has 1 rings (SSSR count). The highest BCUT2D eigenvalue weighted by Crippen LogP contribution is 2.37. The maximum atomic E-state index is 9.65. The molecule has 1 radical (unpaired) electrons. The summed E-state index contributed by atoms with van der Waals surface area (Å²) in [5, 5.41) is 9.65. The molecule has 0 aliphatic carbocycles. The maximum absolute atomic E-state index is 9.65. The van der Waals surface area contributed by atoms with Gasteiger partial charge in [0.2, 0.25) is 9.04 Å². The molecule has 0 bridgehead atoms. The summed E-state index contributed by atoms with van der Waals surface area (Å²) in [6.45, 7) is 14.9. The molecule has 0 aliphatic heterocycles. The Balaban J connectivity index is 3.32. The lowest BCUT2D eigenvalue weighted by Crippen LogP contribution is -2.29. The Hall–Kier alpha value is -1.18. The summed E-state index contributed by atoms with van der Waals surface area (Å²) in [7, 11) is -0.832. The molecule has 3 nitrogen and oxygen atoms in total. The Morgan fingerprint density at radius 1 is 1.23 bits per heavy atom. The van der Waals surface area contributed by atoms with Gasteiger partial charge in [-0.25, -0.2) is 0 Å². The Morgan fingerprint density at radius 2 is 1.82 bits per heavy atom. The van der Waals surface area contributed by atoms with Crippen molar-refractivity contribution in [3.05, 3.63) is 29.6 Å². The van der Waals surface area contributed by atoms with Crippen LogP contribution < -0.4 is 0 Å². The fraction of sp³-hybridized carbons (Fsp3) is 0.667. The molecule has 0 spiro atoms. The van der Waals surface area contributed by atoms with Crippen molar-refractivity contribution in [3.8, 4) is 6.07 Å². The van der Waals surface area contributed by atoms with Crippen molar-refractivity contribution in [2.24, 2.45) is 5.41 Å². The van der Waals surface area contributed by atoms with Crippen LogP contribution in [0, 0.1) is 16.7 Å². The highest BCUT2D eigenvalue weighted by molar-refractivity contribution is 6.48. The van der Waals surface area contributed by atoms with Crippen LogP contribution in [0.4, 0.5) is 0 Å². The summed E-state index contributed by atoms with van der Waals surface area (Å²) in [6, 6.07) is 8.49. The Labute approximate surface area is 137 Å². The second-order valence-corrected chi connectivity index (χ2v) is 9.17. The summed E-state index contributed by atoms with van der Waals surface area (Å²) in [5.74, 6) is 0. The number of rotatable bonds is 6. The van der Waals surface area contributed by atoms with Gasteiger partial charge in [0.05, 0.1) is 29.0 Å². The van der Waals surface area contributed by atoms with E-state index in [1.807, 2.05) is 18.2 Å². The molecule has 0 aromatic carbocycles. The van der Waals surface area contributed by atoms with Gasteiger partial charge in [0.25, 0.3) is 0 Å². The van der Waals surface area contributed by atoms with Crippen molar-refractivity contribution in [1.82, 2.24) is 4.98 Å². The third kappa shape index (κ3) is 4.18. The molecule has 1 aromatic rings. The van der Waals surface area contributed by atoms with E-state index in [1.165, 1.54) is 0 Å². The van der Waals surface area contributed by atoms with Crippen LogP contribution in [0.2, 0.25) is 13.1 Å². The average molecular weight is 318 g/mol. The molecular formula is C18H29N2OSi. The van der Waals surface area contributed by atoms with Gasteiger partial charge in [-0.05, 0) is 43.5 Å². The van der Waals surface area contributed by atoms with E-state index < -0.39 is 14.5 Å². The minimum Gasteiger partial charge on any atom is -0.408 e. The molecule has 4 heteroatoms. The molecule has 1 aromatic heterocycles. The lowest BCUT2D eigenvalue weighted by Gasteiger charge is -2.33. The molecule has 1 unspecified atom stereocenters. The van der Waals surface area contributed by atoms with Crippen molar-refractivity contribution in [2.75, 3.05) is 0 Å². The van der Waals surface area contributed by atoms with Gasteiger partial charge >= 0.3 is 0 Å². The van der Waals surface area contributed by atoms with Crippen molar-refractivity contribution < 1.29 is 4.43 Å². The van der Waals surface area contributed by atoms with Gasteiger partial charge in [-0.15, -0.1) is 0 Å². The molecule has 0 fully saturated rings. The van der Waals surface area contributed by atoms with Crippen LogP contribution in [0.25, 0.3) is 0 Å². The molecule has 0 amide bonds.